The fourth-order valence-electron chi connectivity index (χ4n) is 3.93. The van der Waals surface area contributed by atoms with Crippen molar-refractivity contribution < 1.29 is 4.74 Å². The third-order valence-electron chi connectivity index (χ3n) is 5.53. The molecule has 4 nitrogen and oxygen atoms in total. The molecule has 4 rings (SSSR count). The SMILES string of the molecule is Clc1cccc(N2CCN(Cc3ccc(OC4CCNCC4)c(Br)c3)CC2)c1. The van der Waals surface area contributed by atoms with E-state index in [1.165, 1.54) is 11.3 Å². The second-order valence-corrected chi connectivity index (χ2v) is 8.87. The number of piperidine rings is 1. The number of halogens is 2. The van der Waals surface area contributed by atoms with Gasteiger partial charge >= 0.3 is 0 Å². The maximum atomic E-state index is 6.19. The molecule has 0 atom stereocenters. The van der Waals surface area contributed by atoms with Crippen LogP contribution in [0, 0.1) is 0 Å². The van der Waals surface area contributed by atoms with Gasteiger partial charge in [-0.2, -0.15) is 0 Å². The Labute approximate surface area is 180 Å². The molecular formula is C22H27BrClN3O. The predicted octanol–water partition coefficient (Wildman–Crippen LogP) is 4.56. The zero-order valence-corrected chi connectivity index (χ0v) is 18.4. The second kappa shape index (κ2) is 9.49. The molecule has 28 heavy (non-hydrogen) atoms. The zero-order valence-electron chi connectivity index (χ0n) is 16.0. The van der Waals surface area contributed by atoms with Crippen LogP contribution in [0.25, 0.3) is 0 Å². The minimum Gasteiger partial charge on any atom is -0.489 e. The molecule has 0 amide bonds. The van der Waals surface area contributed by atoms with Crippen molar-refractivity contribution in [2.24, 2.45) is 0 Å². The van der Waals surface area contributed by atoms with Gasteiger partial charge in [-0.15, -0.1) is 0 Å². The molecule has 0 aromatic heterocycles. The second-order valence-electron chi connectivity index (χ2n) is 7.58. The molecule has 150 valence electrons. The van der Waals surface area contributed by atoms with Gasteiger partial charge < -0.3 is 15.0 Å². The van der Waals surface area contributed by atoms with Gasteiger partial charge in [0.15, 0.2) is 0 Å². The van der Waals surface area contributed by atoms with Gasteiger partial charge in [-0.25, -0.2) is 0 Å². The lowest BCUT2D eigenvalue weighted by Crippen LogP contribution is -2.45. The summed E-state index contributed by atoms with van der Waals surface area (Å²) < 4.78 is 7.24. The van der Waals surface area contributed by atoms with Crippen LogP contribution in [0.2, 0.25) is 5.02 Å². The van der Waals surface area contributed by atoms with E-state index in [2.05, 4.69) is 61.4 Å². The average Bonchev–Trinajstić information content (AvgIpc) is 2.71. The largest absolute Gasteiger partial charge is 0.489 e. The Morgan fingerprint density at radius 3 is 2.54 bits per heavy atom. The van der Waals surface area contributed by atoms with Gasteiger partial charge in [-0.1, -0.05) is 23.7 Å². The van der Waals surface area contributed by atoms with Crippen LogP contribution in [0.15, 0.2) is 46.9 Å². The molecule has 0 unspecified atom stereocenters. The summed E-state index contributed by atoms with van der Waals surface area (Å²) in [5.41, 5.74) is 2.54. The summed E-state index contributed by atoms with van der Waals surface area (Å²) in [5.74, 6) is 0.960. The molecule has 2 aliphatic heterocycles. The van der Waals surface area contributed by atoms with E-state index in [1.54, 1.807) is 0 Å². The minimum absolute atomic E-state index is 0.322. The van der Waals surface area contributed by atoms with Crippen LogP contribution in [0.1, 0.15) is 18.4 Å². The fraction of sp³-hybridized carbons (Fsp3) is 0.455. The molecule has 0 saturated carbocycles. The Morgan fingerprint density at radius 1 is 1.04 bits per heavy atom. The highest BCUT2D eigenvalue weighted by molar-refractivity contribution is 9.10. The van der Waals surface area contributed by atoms with E-state index < -0.39 is 0 Å². The first-order valence-corrected chi connectivity index (χ1v) is 11.2. The van der Waals surface area contributed by atoms with E-state index in [9.17, 15) is 0 Å². The van der Waals surface area contributed by atoms with Crippen LogP contribution >= 0.6 is 27.5 Å². The van der Waals surface area contributed by atoms with Crippen molar-refractivity contribution in [1.82, 2.24) is 10.2 Å². The summed E-state index contributed by atoms with van der Waals surface area (Å²) in [6, 6.07) is 14.7. The zero-order chi connectivity index (χ0) is 19.3. The molecule has 1 N–H and O–H groups in total. The van der Waals surface area contributed by atoms with E-state index in [4.69, 9.17) is 16.3 Å². The van der Waals surface area contributed by atoms with Crippen molar-refractivity contribution in [2.75, 3.05) is 44.2 Å². The number of anilines is 1. The number of hydrogen-bond acceptors (Lipinski definition) is 4. The highest BCUT2D eigenvalue weighted by Gasteiger charge is 2.19. The lowest BCUT2D eigenvalue weighted by molar-refractivity contribution is 0.161. The fourth-order valence-corrected chi connectivity index (χ4v) is 4.63. The topological polar surface area (TPSA) is 27.7 Å². The van der Waals surface area contributed by atoms with Crippen molar-refractivity contribution in [3.05, 3.63) is 57.5 Å². The average molecular weight is 465 g/mol. The Hall–Kier alpha value is -1.27. The number of benzene rings is 2. The minimum atomic E-state index is 0.322. The summed E-state index contributed by atoms with van der Waals surface area (Å²) in [7, 11) is 0. The molecule has 2 aliphatic rings. The Morgan fingerprint density at radius 2 is 1.82 bits per heavy atom. The van der Waals surface area contributed by atoms with Crippen molar-refractivity contribution in [3.8, 4) is 5.75 Å². The van der Waals surface area contributed by atoms with Crippen LogP contribution in [-0.4, -0.2) is 50.3 Å². The van der Waals surface area contributed by atoms with Gasteiger partial charge in [0.05, 0.1) is 4.47 Å². The summed E-state index contributed by atoms with van der Waals surface area (Å²) >= 11 is 9.84. The molecule has 2 aromatic carbocycles. The number of rotatable bonds is 5. The van der Waals surface area contributed by atoms with Crippen molar-refractivity contribution >= 4 is 33.2 Å². The van der Waals surface area contributed by atoms with Gasteiger partial charge in [-0.3, -0.25) is 4.90 Å². The smallest absolute Gasteiger partial charge is 0.133 e. The van der Waals surface area contributed by atoms with E-state index in [0.29, 0.717) is 6.10 Å². The summed E-state index contributed by atoms with van der Waals surface area (Å²) in [6.45, 7) is 7.21. The van der Waals surface area contributed by atoms with Gasteiger partial charge in [0.25, 0.3) is 0 Å². The van der Waals surface area contributed by atoms with Gasteiger partial charge in [-0.05, 0) is 77.8 Å². The first-order chi connectivity index (χ1) is 13.7. The molecule has 6 heteroatoms. The van der Waals surface area contributed by atoms with Gasteiger partial charge in [0.2, 0.25) is 0 Å². The Balaban J connectivity index is 1.30. The van der Waals surface area contributed by atoms with E-state index in [1.807, 2.05) is 12.1 Å². The van der Waals surface area contributed by atoms with Gasteiger partial charge in [0, 0.05) is 43.4 Å². The maximum absolute atomic E-state index is 6.19. The molecule has 2 saturated heterocycles. The number of nitrogens with one attached hydrogen (secondary N) is 1. The summed E-state index contributed by atoms with van der Waals surface area (Å²) in [6.07, 6.45) is 2.47. The molecular weight excluding hydrogens is 438 g/mol. The molecule has 0 bridgehead atoms. The molecule has 2 aromatic rings. The van der Waals surface area contributed by atoms with Crippen molar-refractivity contribution in [1.29, 1.82) is 0 Å². The predicted molar refractivity (Wildman–Crippen MR) is 120 cm³/mol. The molecule has 2 fully saturated rings. The summed E-state index contributed by atoms with van der Waals surface area (Å²) in [4.78, 5) is 4.92. The van der Waals surface area contributed by atoms with E-state index in [0.717, 1.165) is 73.9 Å². The summed E-state index contributed by atoms with van der Waals surface area (Å²) in [5, 5.41) is 4.18. The van der Waals surface area contributed by atoms with Crippen molar-refractivity contribution in [3.63, 3.8) is 0 Å². The Kier molecular flexibility index (Phi) is 6.78. The lowest BCUT2D eigenvalue weighted by atomic mass is 10.1. The molecule has 0 radical (unpaired) electrons. The molecule has 0 aliphatic carbocycles. The molecule has 0 spiro atoms. The van der Waals surface area contributed by atoms with Crippen molar-refractivity contribution in [2.45, 2.75) is 25.5 Å². The molecule has 2 heterocycles. The van der Waals surface area contributed by atoms with Crippen LogP contribution in [0.3, 0.4) is 0 Å². The number of ether oxygens (including phenoxy) is 1. The van der Waals surface area contributed by atoms with Crippen LogP contribution in [0.4, 0.5) is 5.69 Å². The Bertz CT molecular complexity index is 789. The van der Waals surface area contributed by atoms with E-state index >= 15 is 0 Å². The number of piperazine rings is 1. The van der Waals surface area contributed by atoms with Crippen LogP contribution in [-0.2, 0) is 6.54 Å². The van der Waals surface area contributed by atoms with Gasteiger partial charge in [0.1, 0.15) is 11.9 Å². The third kappa shape index (κ3) is 5.20. The van der Waals surface area contributed by atoms with Crippen LogP contribution in [0.5, 0.6) is 5.75 Å². The highest BCUT2D eigenvalue weighted by atomic mass is 79.9. The van der Waals surface area contributed by atoms with E-state index in [-0.39, 0.29) is 0 Å². The first-order valence-electron chi connectivity index (χ1n) is 10.1. The number of nitrogens with zero attached hydrogens (tertiary/aromatic N) is 2. The first kappa shape index (κ1) is 20.0. The quantitative estimate of drug-likeness (QED) is 0.702. The third-order valence-corrected chi connectivity index (χ3v) is 6.38. The van der Waals surface area contributed by atoms with Crippen LogP contribution < -0.4 is 15.0 Å². The lowest BCUT2D eigenvalue weighted by Gasteiger charge is -2.36. The monoisotopic (exact) mass is 463 g/mol. The standard InChI is InChI=1S/C22H27BrClN3O/c23-21-14-17(4-5-22(21)28-20-6-8-25-9-7-20)16-26-10-12-27(13-11-26)19-3-1-2-18(24)15-19/h1-5,14-15,20,25H,6-13,16H2. The highest BCUT2D eigenvalue weighted by Crippen LogP contribution is 2.29. The maximum Gasteiger partial charge on any atom is 0.133 e. The number of hydrogen-bond donors (Lipinski definition) is 1. The normalized spacial score (nSPS) is 19.0.